The van der Waals surface area contributed by atoms with Gasteiger partial charge in [0.1, 0.15) is 5.69 Å². The number of hydrogen-bond donors (Lipinski definition) is 2. The zero-order valence-electron chi connectivity index (χ0n) is 9.15. The van der Waals surface area contributed by atoms with Gasteiger partial charge >= 0.3 is 0 Å². The van der Waals surface area contributed by atoms with E-state index in [9.17, 15) is 4.79 Å². The fourth-order valence-corrected chi connectivity index (χ4v) is 1.70. The maximum absolute atomic E-state index is 11.9. The zero-order valence-corrected chi connectivity index (χ0v) is 10.7. The van der Waals surface area contributed by atoms with Gasteiger partial charge in [0.15, 0.2) is 0 Å². The Bertz CT molecular complexity index is 564. The first-order chi connectivity index (χ1) is 8.58. The lowest BCUT2D eigenvalue weighted by molar-refractivity contribution is 0.102. The molecule has 0 atom stereocenters. The van der Waals surface area contributed by atoms with Gasteiger partial charge < -0.3 is 11.1 Å². The summed E-state index contributed by atoms with van der Waals surface area (Å²) >= 11 is 11.6. The van der Waals surface area contributed by atoms with Crippen molar-refractivity contribution in [2.24, 2.45) is 0 Å². The number of hydrogen-bond acceptors (Lipinski definition) is 3. The van der Waals surface area contributed by atoms with Gasteiger partial charge in [0.2, 0.25) is 0 Å². The lowest BCUT2D eigenvalue weighted by Crippen LogP contribution is -2.14. The number of amides is 1. The summed E-state index contributed by atoms with van der Waals surface area (Å²) in [5, 5.41) is 3.45. The van der Waals surface area contributed by atoms with Crippen molar-refractivity contribution in [3.8, 4) is 0 Å². The molecule has 0 unspecified atom stereocenters. The van der Waals surface area contributed by atoms with Crippen molar-refractivity contribution in [2.45, 2.75) is 0 Å². The zero-order chi connectivity index (χ0) is 13.1. The highest BCUT2D eigenvalue weighted by Gasteiger charge is 2.11. The number of nitrogens with two attached hydrogens (primary N) is 1. The van der Waals surface area contributed by atoms with E-state index in [4.69, 9.17) is 28.9 Å². The molecular formula is C12H9Cl2N3O. The van der Waals surface area contributed by atoms with Crippen LogP contribution < -0.4 is 11.1 Å². The Balaban J connectivity index is 2.24. The smallest absolute Gasteiger partial charge is 0.274 e. The van der Waals surface area contributed by atoms with E-state index in [2.05, 4.69) is 10.3 Å². The second kappa shape index (κ2) is 5.25. The highest BCUT2D eigenvalue weighted by atomic mass is 35.5. The predicted octanol–water partition coefficient (Wildman–Crippen LogP) is 3.22. The van der Waals surface area contributed by atoms with Crippen LogP contribution in [-0.4, -0.2) is 10.9 Å². The Morgan fingerprint density at radius 1 is 1.22 bits per heavy atom. The second-order valence-electron chi connectivity index (χ2n) is 3.52. The minimum Gasteiger partial charge on any atom is -0.397 e. The van der Waals surface area contributed by atoms with Gasteiger partial charge in [-0.2, -0.15) is 0 Å². The van der Waals surface area contributed by atoms with Gasteiger partial charge in [-0.25, -0.2) is 4.98 Å². The summed E-state index contributed by atoms with van der Waals surface area (Å²) in [5.74, 6) is -0.397. The molecule has 1 aromatic heterocycles. The maximum atomic E-state index is 11.9. The lowest BCUT2D eigenvalue weighted by Gasteiger charge is -2.09. The number of carbonyl (C=O) groups excluding carboxylic acids is 1. The first-order valence-corrected chi connectivity index (χ1v) is 5.80. The molecule has 0 fully saturated rings. The summed E-state index contributed by atoms with van der Waals surface area (Å²) in [7, 11) is 0. The van der Waals surface area contributed by atoms with E-state index < -0.39 is 5.91 Å². The monoisotopic (exact) mass is 281 g/mol. The normalized spacial score (nSPS) is 10.1. The summed E-state index contributed by atoms with van der Waals surface area (Å²) in [6.07, 6.45) is 1.40. The number of benzene rings is 1. The second-order valence-corrected chi connectivity index (χ2v) is 4.36. The topological polar surface area (TPSA) is 68.0 Å². The van der Waals surface area contributed by atoms with E-state index in [-0.39, 0.29) is 5.69 Å². The molecule has 0 bridgehead atoms. The lowest BCUT2D eigenvalue weighted by atomic mass is 10.2. The molecule has 6 heteroatoms. The van der Waals surface area contributed by atoms with Crippen LogP contribution in [0.15, 0.2) is 36.5 Å². The minimum absolute atomic E-state index is 0.235. The van der Waals surface area contributed by atoms with Crippen molar-refractivity contribution < 1.29 is 4.79 Å². The first kappa shape index (κ1) is 12.7. The largest absolute Gasteiger partial charge is 0.397 e. The summed E-state index contributed by atoms with van der Waals surface area (Å²) < 4.78 is 0. The van der Waals surface area contributed by atoms with Gasteiger partial charge in [-0.05, 0) is 24.3 Å². The molecule has 0 radical (unpaired) electrons. The van der Waals surface area contributed by atoms with Gasteiger partial charge in [-0.15, -0.1) is 0 Å². The van der Waals surface area contributed by atoms with Crippen molar-refractivity contribution in [1.82, 2.24) is 4.98 Å². The Kier molecular flexibility index (Phi) is 3.69. The molecular weight excluding hydrogens is 273 g/mol. The summed E-state index contributed by atoms with van der Waals surface area (Å²) in [4.78, 5) is 15.8. The van der Waals surface area contributed by atoms with Gasteiger partial charge in [0, 0.05) is 6.20 Å². The molecule has 0 aliphatic rings. The van der Waals surface area contributed by atoms with Crippen molar-refractivity contribution in [1.29, 1.82) is 0 Å². The van der Waals surface area contributed by atoms with Crippen molar-refractivity contribution in [3.63, 3.8) is 0 Å². The van der Waals surface area contributed by atoms with Crippen LogP contribution in [0, 0.1) is 0 Å². The third-order valence-corrected chi connectivity index (χ3v) is 2.78. The van der Waals surface area contributed by atoms with E-state index in [0.29, 0.717) is 21.4 Å². The molecule has 0 spiro atoms. The highest BCUT2D eigenvalue weighted by Crippen LogP contribution is 2.28. The number of carbonyl (C=O) groups is 1. The van der Waals surface area contributed by atoms with Crippen molar-refractivity contribution in [2.75, 3.05) is 11.1 Å². The maximum Gasteiger partial charge on any atom is 0.274 e. The molecule has 3 N–H and O–H groups in total. The van der Waals surface area contributed by atoms with Crippen LogP contribution in [-0.2, 0) is 0 Å². The highest BCUT2D eigenvalue weighted by molar-refractivity contribution is 6.34. The first-order valence-electron chi connectivity index (χ1n) is 5.05. The van der Waals surface area contributed by atoms with Crippen LogP contribution in [0.3, 0.4) is 0 Å². The summed E-state index contributed by atoms with van der Waals surface area (Å²) in [6, 6.07) is 8.09. The number of aromatic nitrogens is 1. The molecule has 0 aliphatic heterocycles. The number of nitrogens with zero attached hydrogens (tertiary/aromatic N) is 1. The third kappa shape index (κ3) is 2.72. The van der Waals surface area contributed by atoms with Crippen LogP contribution in [0.4, 0.5) is 11.4 Å². The van der Waals surface area contributed by atoms with Crippen LogP contribution in [0.1, 0.15) is 10.5 Å². The Labute approximate surface area is 114 Å². The number of halogens is 2. The number of nitrogens with one attached hydrogen (secondary N) is 1. The van der Waals surface area contributed by atoms with Crippen molar-refractivity contribution in [3.05, 3.63) is 52.3 Å². The Hall–Kier alpha value is -1.78. The van der Waals surface area contributed by atoms with Crippen molar-refractivity contribution >= 4 is 40.5 Å². The SMILES string of the molecule is Nc1cccc(Cl)c1NC(=O)c1ccc(Cl)cn1. The molecule has 0 aliphatic carbocycles. The molecule has 1 heterocycles. The van der Waals surface area contributed by atoms with E-state index in [1.165, 1.54) is 12.3 Å². The Morgan fingerprint density at radius 2 is 2.00 bits per heavy atom. The molecule has 4 nitrogen and oxygen atoms in total. The number of pyridine rings is 1. The van der Waals surface area contributed by atoms with E-state index >= 15 is 0 Å². The number of anilines is 2. The number of rotatable bonds is 2. The average Bonchev–Trinajstić information content (AvgIpc) is 2.34. The third-order valence-electron chi connectivity index (χ3n) is 2.24. The molecule has 92 valence electrons. The summed E-state index contributed by atoms with van der Waals surface area (Å²) in [5.41, 5.74) is 6.74. The van der Waals surface area contributed by atoms with Gasteiger partial charge in [-0.3, -0.25) is 4.79 Å². The molecule has 1 aromatic carbocycles. The average molecular weight is 282 g/mol. The molecule has 2 rings (SSSR count). The Morgan fingerprint density at radius 3 is 2.61 bits per heavy atom. The van der Waals surface area contributed by atoms with Gasteiger partial charge in [0.25, 0.3) is 5.91 Å². The molecule has 1 amide bonds. The number of para-hydroxylation sites is 1. The fraction of sp³-hybridized carbons (Fsp3) is 0. The molecule has 18 heavy (non-hydrogen) atoms. The van der Waals surface area contributed by atoms with E-state index in [1.807, 2.05) is 0 Å². The molecule has 0 saturated carbocycles. The van der Waals surface area contributed by atoms with Gasteiger partial charge in [-0.1, -0.05) is 29.3 Å². The fourth-order valence-electron chi connectivity index (χ4n) is 1.36. The van der Waals surface area contributed by atoms with Crippen LogP contribution >= 0.6 is 23.2 Å². The van der Waals surface area contributed by atoms with Crippen LogP contribution in [0.5, 0.6) is 0 Å². The van der Waals surface area contributed by atoms with Crippen LogP contribution in [0.2, 0.25) is 10.0 Å². The van der Waals surface area contributed by atoms with Gasteiger partial charge in [0.05, 0.1) is 21.4 Å². The molecule has 2 aromatic rings. The quantitative estimate of drug-likeness (QED) is 0.831. The van der Waals surface area contributed by atoms with E-state index in [1.54, 1.807) is 24.3 Å². The summed E-state index contributed by atoms with van der Waals surface area (Å²) in [6.45, 7) is 0. The standard InChI is InChI=1S/C12H9Cl2N3O/c13-7-4-5-10(16-6-7)12(18)17-11-8(14)2-1-3-9(11)15/h1-6H,15H2,(H,17,18). The van der Waals surface area contributed by atoms with Crippen LogP contribution in [0.25, 0.3) is 0 Å². The molecule has 0 saturated heterocycles. The van der Waals surface area contributed by atoms with E-state index in [0.717, 1.165) is 0 Å². The number of nitrogen functional groups attached to an aromatic ring is 1. The minimum atomic E-state index is -0.397. The predicted molar refractivity (Wildman–Crippen MR) is 73.1 cm³/mol.